The van der Waals surface area contributed by atoms with Crippen LogP contribution in [0.2, 0.25) is 0 Å². The van der Waals surface area contributed by atoms with E-state index < -0.39 is 0 Å². The maximum atomic E-state index is 5.11. The predicted octanol–water partition coefficient (Wildman–Crippen LogP) is 4.38. The molecule has 94 valence electrons. The van der Waals surface area contributed by atoms with Crippen LogP contribution in [0.4, 0.5) is 5.69 Å². The number of azo groups is 1. The van der Waals surface area contributed by atoms with Crippen molar-refractivity contribution in [2.75, 3.05) is 7.11 Å². The maximum Gasteiger partial charge on any atom is 0.119 e. The van der Waals surface area contributed by atoms with Gasteiger partial charge in [0.15, 0.2) is 0 Å². The molecule has 0 aromatic heterocycles. The van der Waals surface area contributed by atoms with E-state index in [0.29, 0.717) is 0 Å². The Hall–Kier alpha value is -2.42. The molecule has 2 aromatic carbocycles. The highest BCUT2D eigenvalue weighted by Crippen LogP contribution is 2.29. The van der Waals surface area contributed by atoms with Crippen molar-refractivity contribution in [3.63, 3.8) is 0 Å². The quantitative estimate of drug-likeness (QED) is 0.744. The van der Waals surface area contributed by atoms with Gasteiger partial charge in [-0.25, -0.2) is 0 Å². The molecule has 0 saturated carbocycles. The topological polar surface area (TPSA) is 34.0 Å². The minimum Gasteiger partial charge on any atom is -0.497 e. The monoisotopic (exact) mass is 250 g/mol. The highest BCUT2D eigenvalue weighted by Gasteiger charge is 2.12. The van der Waals surface area contributed by atoms with Crippen molar-refractivity contribution in [2.45, 2.75) is 6.42 Å². The molecule has 1 aliphatic rings. The summed E-state index contributed by atoms with van der Waals surface area (Å²) in [6, 6.07) is 15.8. The molecular weight excluding hydrogens is 236 g/mol. The van der Waals surface area contributed by atoms with E-state index in [1.54, 1.807) is 7.11 Å². The number of benzene rings is 2. The van der Waals surface area contributed by atoms with E-state index in [0.717, 1.165) is 23.6 Å². The fourth-order valence-corrected chi connectivity index (χ4v) is 2.12. The highest BCUT2D eigenvalue weighted by atomic mass is 16.5. The molecule has 0 amide bonds. The smallest absolute Gasteiger partial charge is 0.119 e. The number of allylic oxidation sites excluding steroid dienone is 1. The van der Waals surface area contributed by atoms with Crippen LogP contribution in [0.3, 0.4) is 0 Å². The number of nitrogens with zero attached hydrogens (tertiary/aromatic N) is 2. The van der Waals surface area contributed by atoms with Crippen molar-refractivity contribution < 1.29 is 4.74 Å². The lowest BCUT2D eigenvalue weighted by Crippen LogP contribution is -1.81. The van der Waals surface area contributed by atoms with E-state index in [2.05, 4.69) is 34.5 Å². The molecule has 3 nitrogen and oxygen atoms in total. The minimum atomic E-state index is 0.823. The Morgan fingerprint density at radius 2 is 1.74 bits per heavy atom. The van der Waals surface area contributed by atoms with Gasteiger partial charge in [-0.15, -0.1) is 0 Å². The van der Waals surface area contributed by atoms with Crippen LogP contribution < -0.4 is 4.74 Å². The van der Waals surface area contributed by atoms with Gasteiger partial charge in [0.1, 0.15) is 5.75 Å². The molecule has 0 radical (unpaired) electrons. The summed E-state index contributed by atoms with van der Waals surface area (Å²) in [5, 5.41) is 8.60. The third kappa shape index (κ3) is 2.40. The Morgan fingerprint density at radius 1 is 0.947 bits per heavy atom. The SMILES string of the molecule is COc1ccc(N=NC2=CCc3ccccc32)cc1. The zero-order valence-corrected chi connectivity index (χ0v) is 10.7. The summed E-state index contributed by atoms with van der Waals surface area (Å²) in [6.07, 6.45) is 3.05. The average molecular weight is 250 g/mol. The van der Waals surface area contributed by atoms with Gasteiger partial charge in [-0.3, -0.25) is 0 Å². The number of ether oxygens (including phenoxy) is 1. The summed E-state index contributed by atoms with van der Waals surface area (Å²) < 4.78 is 5.11. The van der Waals surface area contributed by atoms with Crippen molar-refractivity contribution in [3.05, 3.63) is 65.7 Å². The normalized spacial score (nSPS) is 13.4. The Morgan fingerprint density at radius 3 is 2.53 bits per heavy atom. The molecule has 0 bridgehead atoms. The van der Waals surface area contributed by atoms with Crippen molar-refractivity contribution >= 4 is 11.4 Å². The summed E-state index contributed by atoms with van der Waals surface area (Å²) >= 11 is 0. The molecule has 0 N–H and O–H groups in total. The van der Waals surface area contributed by atoms with Crippen molar-refractivity contribution in [2.24, 2.45) is 10.2 Å². The molecule has 0 fully saturated rings. The van der Waals surface area contributed by atoms with Gasteiger partial charge in [0, 0.05) is 5.56 Å². The fraction of sp³-hybridized carbons (Fsp3) is 0.125. The molecule has 2 aromatic rings. The number of hydrogen-bond acceptors (Lipinski definition) is 3. The third-order valence-electron chi connectivity index (χ3n) is 3.15. The second kappa shape index (κ2) is 5.06. The summed E-state index contributed by atoms with van der Waals surface area (Å²) in [5.41, 5.74) is 4.27. The lowest BCUT2D eigenvalue weighted by Gasteiger charge is -2.00. The number of fused-ring (bicyclic) bond motifs is 1. The first-order valence-corrected chi connectivity index (χ1v) is 6.21. The predicted molar refractivity (Wildman–Crippen MR) is 75.6 cm³/mol. The van der Waals surface area contributed by atoms with Crippen LogP contribution in [-0.4, -0.2) is 7.11 Å². The van der Waals surface area contributed by atoms with Gasteiger partial charge in [0.05, 0.1) is 18.5 Å². The van der Waals surface area contributed by atoms with Crippen LogP contribution in [-0.2, 0) is 6.42 Å². The molecule has 0 unspecified atom stereocenters. The molecule has 0 spiro atoms. The Bertz CT molecular complexity index is 642. The van der Waals surface area contributed by atoms with Gasteiger partial charge in [0.2, 0.25) is 0 Å². The molecule has 19 heavy (non-hydrogen) atoms. The standard InChI is InChI=1S/C16H14N2O/c1-19-14-9-7-13(8-10-14)17-18-16-11-6-12-4-2-3-5-15(12)16/h2-5,7-11H,6H2,1H3. The van der Waals surface area contributed by atoms with Gasteiger partial charge in [-0.05, 0) is 36.2 Å². The zero-order valence-electron chi connectivity index (χ0n) is 10.7. The first-order chi connectivity index (χ1) is 9.36. The van der Waals surface area contributed by atoms with Gasteiger partial charge in [0.25, 0.3) is 0 Å². The largest absolute Gasteiger partial charge is 0.497 e. The fourth-order valence-electron chi connectivity index (χ4n) is 2.12. The average Bonchev–Trinajstić information content (AvgIpc) is 2.89. The Kier molecular flexibility index (Phi) is 3.11. The summed E-state index contributed by atoms with van der Waals surface area (Å²) in [7, 11) is 1.65. The Labute approximate surface area is 112 Å². The van der Waals surface area contributed by atoms with Crippen molar-refractivity contribution in [1.29, 1.82) is 0 Å². The number of hydrogen-bond donors (Lipinski definition) is 0. The molecular formula is C16H14N2O. The zero-order chi connectivity index (χ0) is 13.1. The second-order valence-corrected chi connectivity index (χ2v) is 4.35. The van der Waals surface area contributed by atoms with E-state index in [1.165, 1.54) is 11.1 Å². The first kappa shape index (κ1) is 11.7. The lowest BCUT2D eigenvalue weighted by molar-refractivity contribution is 0.415. The Balaban J connectivity index is 1.80. The molecule has 0 atom stereocenters. The number of rotatable bonds is 3. The van der Waals surface area contributed by atoms with E-state index in [4.69, 9.17) is 4.74 Å². The maximum absolute atomic E-state index is 5.11. The van der Waals surface area contributed by atoms with Crippen LogP contribution in [0.15, 0.2) is 64.8 Å². The number of methoxy groups -OCH3 is 1. The molecule has 3 heteroatoms. The van der Waals surface area contributed by atoms with Crippen LogP contribution in [0.1, 0.15) is 11.1 Å². The minimum absolute atomic E-state index is 0.823. The molecule has 3 rings (SSSR count). The van der Waals surface area contributed by atoms with Crippen molar-refractivity contribution in [1.82, 2.24) is 0 Å². The van der Waals surface area contributed by atoms with Crippen LogP contribution in [0.25, 0.3) is 5.70 Å². The molecule has 0 aliphatic heterocycles. The summed E-state index contributed by atoms with van der Waals surface area (Å²) in [6.45, 7) is 0. The van der Waals surface area contributed by atoms with E-state index in [1.807, 2.05) is 30.3 Å². The lowest BCUT2D eigenvalue weighted by atomic mass is 10.1. The van der Waals surface area contributed by atoms with Gasteiger partial charge in [-0.1, -0.05) is 30.3 Å². The molecule has 1 aliphatic carbocycles. The van der Waals surface area contributed by atoms with E-state index in [9.17, 15) is 0 Å². The van der Waals surface area contributed by atoms with E-state index >= 15 is 0 Å². The van der Waals surface area contributed by atoms with Crippen molar-refractivity contribution in [3.8, 4) is 5.75 Å². The first-order valence-electron chi connectivity index (χ1n) is 6.21. The van der Waals surface area contributed by atoms with E-state index in [-0.39, 0.29) is 0 Å². The van der Waals surface area contributed by atoms with Gasteiger partial charge in [-0.2, -0.15) is 10.2 Å². The molecule has 0 heterocycles. The van der Waals surface area contributed by atoms with Crippen LogP contribution in [0.5, 0.6) is 5.75 Å². The molecule has 0 saturated heterocycles. The van der Waals surface area contributed by atoms with Crippen LogP contribution in [0, 0.1) is 0 Å². The summed E-state index contributed by atoms with van der Waals surface area (Å²) in [4.78, 5) is 0. The van der Waals surface area contributed by atoms with Gasteiger partial charge < -0.3 is 4.74 Å². The third-order valence-corrected chi connectivity index (χ3v) is 3.15. The van der Waals surface area contributed by atoms with Crippen LogP contribution >= 0.6 is 0 Å². The highest BCUT2D eigenvalue weighted by molar-refractivity contribution is 5.71. The van der Waals surface area contributed by atoms with Gasteiger partial charge >= 0.3 is 0 Å². The summed E-state index contributed by atoms with van der Waals surface area (Å²) in [5.74, 6) is 0.823. The second-order valence-electron chi connectivity index (χ2n) is 4.35.